The van der Waals surface area contributed by atoms with Crippen molar-refractivity contribution in [1.29, 1.82) is 0 Å². The molecule has 0 radical (unpaired) electrons. The molecule has 1 aromatic carbocycles. The standard InChI is InChI=1S/C18H27N3O5S/c1-4-14-5-7-15(8-6-14)20-17(23)16(22)19-13-18(26-2)9-11-21(12-10-18)27(3,24)25/h5-8H,4,9-13H2,1-3H3,(H,19,22)(H,20,23). The van der Waals surface area contributed by atoms with Gasteiger partial charge in [0.25, 0.3) is 0 Å². The third-order valence-corrected chi connectivity index (χ3v) is 6.24. The topological polar surface area (TPSA) is 105 Å². The van der Waals surface area contributed by atoms with Crippen LogP contribution in [0.15, 0.2) is 24.3 Å². The zero-order valence-electron chi connectivity index (χ0n) is 15.9. The molecule has 2 N–H and O–H groups in total. The summed E-state index contributed by atoms with van der Waals surface area (Å²) < 4.78 is 30.2. The van der Waals surface area contributed by atoms with Crippen molar-refractivity contribution in [2.75, 3.05) is 38.3 Å². The van der Waals surface area contributed by atoms with Crippen molar-refractivity contribution >= 4 is 27.5 Å². The fraction of sp³-hybridized carbons (Fsp3) is 0.556. The van der Waals surface area contributed by atoms with E-state index in [2.05, 4.69) is 10.6 Å². The zero-order chi connectivity index (χ0) is 20.1. The van der Waals surface area contributed by atoms with Gasteiger partial charge in [-0.1, -0.05) is 19.1 Å². The molecule has 27 heavy (non-hydrogen) atoms. The molecule has 0 bridgehead atoms. The third kappa shape index (κ3) is 5.75. The normalized spacial score (nSPS) is 17.3. The number of amides is 2. The van der Waals surface area contributed by atoms with Crippen molar-refractivity contribution < 1.29 is 22.7 Å². The van der Waals surface area contributed by atoms with Gasteiger partial charge >= 0.3 is 11.8 Å². The van der Waals surface area contributed by atoms with E-state index in [4.69, 9.17) is 4.74 Å². The fourth-order valence-electron chi connectivity index (χ4n) is 3.01. The average molecular weight is 397 g/mol. The van der Waals surface area contributed by atoms with Gasteiger partial charge in [-0.3, -0.25) is 9.59 Å². The second-order valence-electron chi connectivity index (χ2n) is 6.74. The van der Waals surface area contributed by atoms with Crippen molar-refractivity contribution in [3.05, 3.63) is 29.8 Å². The molecule has 1 saturated heterocycles. The van der Waals surface area contributed by atoms with Crippen LogP contribution in [-0.4, -0.2) is 63.1 Å². The predicted octanol–water partition coefficient (Wildman–Crippen LogP) is 0.744. The monoisotopic (exact) mass is 397 g/mol. The van der Waals surface area contributed by atoms with E-state index in [0.717, 1.165) is 12.0 Å². The first-order chi connectivity index (χ1) is 12.7. The van der Waals surface area contributed by atoms with Crippen LogP contribution in [0.4, 0.5) is 5.69 Å². The number of ether oxygens (including phenoxy) is 1. The first-order valence-corrected chi connectivity index (χ1v) is 10.7. The molecule has 9 heteroatoms. The van der Waals surface area contributed by atoms with Crippen molar-refractivity contribution in [1.82, 2.24) is 9.62 Å². The lowest BCUT2D eigenvalue weighted by molar-refractivity contribution is -0.137. The molecule has 0 saturated carbocycles. The molecular weight excluding hydrogens is 370 g/mol. The maximum atomic E-state index is 12.1. The summed E-state index contributed by atoms with van der Waals surface area (Å²) in [6, 6.07) is 7.29. The summed E-state index contributed by atoms with van der Waals surface area (Å²) in [5.41, 5.74) is 1.01. The second kappa shape index (κ2) is 8.81. The van der Waals surface area contributed by atoms with E-state index in [1.54, 1.807) is 12.1 Å². The lowest BCUT2D eigenvalue weighted by atomic mass is 9.92. The lowest BCUT2D eigenvalue weighted by Crippen LogP contribution is -2.54. The summed E-state index contributed by atoms with van der Waals surface area (Å²) in [4.78, 5) is 24.2. The van der Waals surface area contributed by atoms with E-state index < -0.39 is 27.4 Å². The first-order valence-electron chi connectivity index (χ1n) is 8.87. The minimum atomic E-state index is -3.24. The molecule has 0 aliphatic carbocycles. The number of benzene rings is 1. The summed E-state index contributed by atoms with van der Waals surface area (Å²) >= 11 is 0. The average Bonchev–Trinajstić information content (AvgIpc) is 2.66. The number of aryl methyl sites for hydroxylation is 1. The van der Waals surface area contributed by atoms with E-state index in [1.807, 2.05) is 19.1 Å². The largest absolute Gasteiger partial charge is 0.376 e. The SMILES string of the molecule is CCc1ccc(NC(=O)C(=O)NCC2(OC)CCN(S(C)(=O)=O)CC2)cc1. The molecule has 1 heterocycles. The molecule has 1 fully saturated rings. The second-order valence-corrected chi connectivity index (χ2v) is 8.72. The number of rotatable bonds is 6. The highest BCUT2D eigenvalue weighted by molar-refractivity contribution is 7.88. The number of nitrogens with one attached hydrogen (secondary N) is 2. The predicted molar refractivity (Wildman–Crippen MR) is 103 cm³/mol. The molecule has 1 aliphatic rings. The zero-order valence-corrected chi connectivity index (χ0v) is 16.8. The number of methoxy groups -OCH3 is 1. The van der Waals surface area contributed by atoms with Crippen LogP contribution in [0.2, 0.25) is 0 Å². The Balaban J connectivity index is 1.88. The van der Waals surface area contributed by atoms with Gasteiger partial charge in [0, 0.05) is 32.4 Å². The first kappa shape index (κ1) is 21.3. The maximum Gasteiger partial charge on any atom is 0.313 e. The van der Waals surface area contributed by atoms with Crippen LogP contribution in [-0.2, 0) is 30.8 Å². The Morgan fingerprint density at radius 3 is 2.22 bits per heavy atom. The van der Waals surface area contributed by atoms with Gasteiger partial charge in [-0.25, -0.2) is 12.7 Å². The molecule has 0 aromatic heterocycles. The van der Waals surface area contributed by atoms with Crippen LogP contribution in [0.3, 0.4) is 0 Å². The van der Waals surface area contributed by atoms with Gasteiger partial charge in [0.1, 0.15) is 0 Å². The minimum Gasteiger partial charge on any atom is -0.376 e. The highest BCUT2D eigenvalue weighted by Gasteiger charge is 2.37. The Morgan fingerprint density at radius 2 is 1.74 bits per heavy atom. The number of carbonyl (C=O) groups excluding carboxylic acids is 2. The number of carbonyl (C=O) groups is 2. The van der Waals surface area contributed by atoms with Crippen LogP contribution in [0.25, 0.3) is 0 Å². The lowest BCUT2D eigenvalue weighted by Gasteiger charge is -2.39. The van der Waals surface area contributed by atoms with E-state index in [1.165, 1.54) is 17.7 Å². The van der Waals surface area contributed by atoms with E-state index in [0.29, 0.717) is 31.6 Å². The third-order valence-electron chi connectivity index (χ3n) is 4.93. The van der Waals surface area contributed by atoms with Crippen LogP contribution < -0.4 is 10.6 Å². The van der Waals surface area contributed by atoms with Gasteiger partial charge in [0.15, 0.2) is 0 Å². The van der Waals surface area contributed by atoms with Gasteiger partial charge in [-0.2, -0.15) is 0 Å². The number of nitrogens with zero attached hydrogens (tertiary/aromatic N) is 1. The van der Waals surface area contributed by atoms with Gasteiger partial charge in [0.05, 0.1) is 11.9 Å². The molecule has 0 spiro atoms. The summed E-state index contributed by atoms with van der Waals surface area (Å²) in [5.74, 6) is -1.50. The summed E-state index contributed by atoms with van der Waals surface area (Å²) in [7, 11) is -1.72. The summed E-state index contributed by atoms with van der Waals surface area (Å²) in [6.45, 7) is 2.81. The van der Waals surface area contributed by atoms with Crippen molar-refractivity contribution in [3.63, 3.8) is 0 Å². The molecular formula is C18H27N3O5S. The van der Waals surface area contributed by atoms with Crippen molar-refractivity contribution in [3.8, 4) is 0 Å². The van der Waals surface area contributed by atoms with E-state index in [-0.39, 0.29) is 6.54 Å². The summed E-state index contributed by atoms with van der Waals surface area (Å²) in [5, 5.41) is 5.16. The quantitative estimate of drug-likeness (QED) is 0.689. The van der Waals surface area contributed by atoms with Crippen LogP contribution in [0.5, 0.6) is 0 Å². The molecule has 150 valence electrons. The Labute approximate surface area is 160 Å². The van der Waals surface area contributed by atoms with Crippen LogP contribution in [0.1, 0.15) is 25.3 Å². The van der Waals surface area contributed by atoms with Crippen molar-refractivity contribution in [2.45, 2.75) is 31.8 Å². The van der Waals surface area contributed by atoms with Gasteiger partial charge in [-0.15, -0.1) is 0 Å². The minimum absolute atomic E-state index is 0.141. The number of hydrogen-bond donors (Lipinski definition) is 2. The van der Waals surface area contributed by atoms with Crippen LogP contribution >= 0.6 is 0 Å². The molecule has 0 unspecified atom stereocenters. The van der Waals surface area contributed by atoms with Gasteiger partial charge in [-0.05, 0) is 37.0 Å². The number of hydrogen-bond acceptors (Lipinski definition) is 5. The summed E-state index contributed by atoms with van der Waals surface area (Å²) in [6.07, 6.45) is 2.95. The highest BCUT2D eigenvalue weighted by Crippen LogP contribution is 2.26. The highest BCUT2D eigenvalue weighted by atomic mass is 32.2. The number of anilines is 1. The van der Waals surface area contributed by atoms with Gasteiger partial charge < -0.3 is 15.4 Å². The van der Waals surface area contributed by atoms with E-state index >= 15 is 0 Å². The smallest absolute Gasteiger partial charge is 0.313 e. The molecule has 0 atom stereocenters. The molecule has 8 nitrogen and oxygen atoms in total. The number of piperidine rings is 1. The number of sulfonamides is 1. The Bertz CT molecular complexity index is 769. The molecule has 2 rings (SSSR count). The van der Waals surface area contributed by atoms with Crippen molar-refractivity contribution in [2.24, 2.45) is 0 Å². The maximum absolute atomic E-state index is 12.1. The van der Waals surface area contributed by atoms with E-state index in [9.17, 15) is 18.0 Å². The molecule has 1 aliphatic heterocycles. The fourth-order valence-corrected chi connectivity index (χ4v) is 3.86. The Morgan fingerprint density at radius 1 is 1.15 bits per heavy atom. The van der Waals surface area contributed by atoms with Gasteiger partial charge in [0.2, 0.25) is 10.0 Å². The molecule has 1 aromatic rings. The van der Waals surface area contributed by atoms with Crippen LogP contribution in [0, 0.1) is 0 Å². The Kier molecular flexibility index (Phi) is 6.96. The Hall–Kier alpha value is -1.97. The molecule has 2 amide bonds.